The molecular weight excluding hydrogens is 256 g/mol. The van der Waals surface area contributed by atoms with Gasteiger partial charge in [-0.2, -0.15) is 0 Å². The van der Waals surface area contributed by atoms with E-state index in [9.17, 15) is 4.79 Å². The van der Waals surface area contributed by atoms with E-state index >= 15 is 0 Å². The lowest BCUT2D eigenvalue weighted by molar-refractivity contribution is 0.0990. The Morgan fingerprint density at radius 3 is 2.33 bits per heavy atom. The van der Waals surface area contributed by atoms with Crippen molar-refractivity contribution in [3.63, 3.8) is 0 Å². The molecule has 110 valence electrons. The maximum absolute atomic E-state index is 12.7. The van der Waals surface area contributed by atoms with Gasteiger partial charge in [-0.3, -0.25) is 4.79 Å². The lowest BCUT2D eigenvalue weighted by Gasteiger charge is -2.22. The van der Waals surface area contributed by atoms with E-state index in [0.29, 0.717) is 6.42 Å². The number of hydrogen-bond acceptors (Lipinski definition) is 1. The Morgan fingerprint density at radius 1 is 1.00 bits per heavy atom. The number of carbonyl (C=O) groups is 1. The van der Waals surface area contributed by atoms with Gasteiger partial charge in [-0.1, -0.05) is 68.8 Å². The highest BCUT2D eigenvalue weighted by Crippen LogP contribution is 2.27. The normalized spacial score (nSPS) is 11.5. The number of benzene rings is 2. The molecule has 0 aromatic heterocycles. The molecule has 0 spiro atoms. The van der Waals surface area contributed by atoms with E-state index in [1.165, 1.54) is 11.1 Å². The van der Waals surface area contributed by atoms with Crippen molar-refractivity contribution in [2.45, 2.75) is 46.5 Å². The molecule has 2 aromatic carbocycles. The first-order chi connectivity index (χ1) is 9.79. The van der Waals surface area contributed by atoms with Gasteiger partial charge in [0.1, 0.15) is 0 Å². The first-order valence-electron chi connectivity index (χ1n) is 7.48. The van der Waals surface area contributed by atoms with Crippen LogP contribution < -0.4 is 0 Å². The molecule has 0 aliphatic heterocycles. The Labute approximate surface area is 128 Å². The molecule has 0 radical (unpaired) electrons. The van der Waals surface area contributed by atoms with E-state index in [0.717, 1.165) is 16.7 Å². The molecule has 2 rings (SSSR count). The number of rotatable bonds is 3. The maximum Gasteiger partial charge on any atom is 0.167 e. The summed E-state index contributed by atoms with van der Waals surface area (Å²) in [5.74, 6) is 0.203. The maximum atomic E-state index is 12.7. The van der Waals surface area contributed by atoms with Gasteiger partial charge >= 0.3 is 0 Å². The summed E-state index contributed by atoms with van der Waals surface area (Å²) >= 11 is 0. The van der Waals surface area contributed by atoms with Crippen molar-refractivity contribution < 1.29 is 4.79 Å². The van der Waals surface area contributed by atoms with E-state index in [2.05, 4.69) is 58.9 Å². The zero-order valence-corrected chi connectivity index (χ0v) is 13.7. The average molecular weight is 280 g/mol. The second kappa shape index (κ2) is 5.85. The second-order valence-corrected chi connectivity index (χ2v) is 6.83. The van der Waals surface area contributed by atoms with Crippen molar-refractivity contribution >= 4 is 5.78 Å². The van der Waals surface area contributed by atoms with Gasteiger partial charge in [-0.15, -0.1) is 0 Å². The fraction of sp³-hybridized carbons (Fsp3) is 0.350. The van der Waals surface area contributed by atoms with Crippen LogP contribution in [0.5, 0.6) is 0 Å². The highest BCUT2D eigenvalue weighted by Gasteiger charge is 2.21. The highest BCUT2D eigenvalue weighted by atomic mass is 16.1. The fourth-order valence-electron chi connectivity index (χ4n) is 2.64. The quantitative estimate of drug-likeness (QED) is 0.721. The Bertz CT molecular complexity index is 660. The molecule has 0 unspecified atom stereocenters. The summed E-state index contributed by atoms with van der Waals surface area (Å²) in [5, 5.41) is 0. The molecule has 0 aliphatic rings. The lowest BCUT2D eigenvalue weighted by atomic mass is 9.82. The van der Waals surface area contributed by atoms with Crippen LogP contribution in [0.3, 0.4) is 0 Å². The molecule has 1 nitrogen and oxygen atoms in total. The average Bonchev–Trinajstić information content (AvgIpc) is 2.42. The third-order valence-electron chi connectivity index (χ3n) is 3.89. The summed E-state index contributed by atoms with van der Waals surface area (Å²) in [5.41, 5.74) is 5.47. The summed E-state index contributed by atoms with van der Waals surface area (Å²) in [6.07, 6.45) is 0.473. The predicted molar refractivity (Wildman–Crippen MR) is 89.1 cm³/mol. The fourth-order valence-corrected chi connectivity index (χ4v) is 2.64. The van der Waals surface area contributed by atoms with Gasteiger partial charge in [0.25, 0.3) is 0 Å². The Balaban J connectivity index is 2.36. The highest BCUT2D eigenvalue weighted by molar-refractivity contribution is 5.99. The van der Waals surface area contributed by atoms with E-state index in [-0.39, 0.29) is 11.2 Å². The first-order valence-corrected chi connectivity index (χ1v) is 7.48. The third-order valence-corrected chi connectivity index (χ3v) is 3.89. The molecule has 0 amide bonds. The third kappa shape index (κ3) is 3.60. The summed E-state index contributed by atoms with van der Waals surface area (Å²) in [6, 6.07) is 14.3. The van der Waals surface area contributed by atoms with Crippen LogP contribution in [0.15, 0.2) is 42.5 Å². The molecule has 0 fully saturated rings. The van der Waals surface area contributed by atoms with Crippen molar-refractivity contribution in [3.05, 3.63) is 70.3 Å². The topological polar surface area (TPSA) is 17.1 Å². The predicted octanol–water partition coefficient (Wildman–Crippen LogP) is 5.03. The molecule has 0 saturated heterocycles. The van der Waals surface area contributed by atoms with Crippen LogP contribution in [0.25, 0.3) is 0 Å². The van der Waals surface area contributed by atoms with Crippen molar-refractivity contribution in [2.75, 3.05) is 0 Å². The number of Topliss-reactive ketones (excluding diaryl/α,β-unsaturated/α-hetero) is 1. The van der Waals surface area contributed by atoms with E-state index in [1.807, 2.05) is 18.2 Å². The smallest absolute Gasteiger partial charge is 0.167 e. The van der Waals surface area contributed by atoms with Gasteiger partial charge < -0.3 is 0 Å². The Morgan fingerprint density at radius 2 is 1.67 bits per heavy atom. The van der Waals surface area contributed by atoms with E-state index < -0.39 is 0 Å². The zero-order chi connectivity index (χ0) is 15.6. The van der Waals surface area contributed by atoms with Crippen LogP contribution in [-0.4, -0.2) is 5.78 Å². The summed E-state index contributed by atoms with van der Waals surface area (Å²) in [7, 11) is 0. The molecule has 0 N–H and O–H groups in total. The minimum absolute atomic E-state index is 0.0199. The molecule has 2 aromatic rings. The molecule has 1 heteroatoms. The van der Waals surface area contributed by atoms with E-state index in [4.69, 9.17) is 0 Å². The standard InChI is InChI=1S/C20H24O/c1-14-10-11-15(2)16(12-14)13-19(21)17-8-6-7-9-18(17)20(3,4)5/h6-12H,13H2,1-5H3. The molecule has 0 heterocycles. The molecular formula is C20H24O. The van der Waals surface area contributed by atoms with Gasteiger partial charge in [-0.25, -0.2) is 0 Å². The lowest BCUT2D eigenvalue weighted by Crippen LogP contribution is -2.18. The van der Waals surface area contributed by atoms with Crippen LogP contribution in [0.2, 0.25) is 0 Å². The van der Waals surface area contributed by atoms with Gasteiger partial charge in [0, 0.05) is 12.0 Å². The van der Waals surface area contributed by atoms with Crippen LogP contribution in [0.4, 0.5) is 0 Å². The zero-order valence-electron chi connectivity index (χ0n) is 13.7. The van der Waals surface area contributed by atoms with Gasteiger partial charge in [0.05, 0.1) is 0 Å². The van der Waals surface area contributed by atoms with Gasteiger partial charge in [-0.05, 0) is 36.0 Å². The SMILES string of the molecule is Cc1ccc(C)c(CC(=O)c2ccccc2C(C)(C)C)c1. The monoisotopic (exact) mass is 280 g/mol. The molecule has 21 heavy (non-hydrogen) atoms. The first kappa shape index (κ1) is 15.5. The minimum atomic E-state index is -0.0199. The van der Waals surface area contributed by atoms with Crippen LogP contribution in [-0.2, 0) is 11.8 Å². The number of aryl methyl sites for hydroxylation is 2. The number of hydrogen-bond donors (Lipinski definition) is 0. The number of carbonyl (C=O) groups excluding carboxylic acids is 1. The molecule has 0 atom stereocenters. The summed E-state index contributed by atoms with van der Waals surface area (Å²) in [6.45, 7) is 10.6. The second-order valence-electron chi connectivity index (χ2n) is 6.83. The van der Waals surface area contributed by atoms with Crippen LogP contribution >= 0.6 is 0 Å². The number of ketones is 1. The Hall–Kier alpha value is -1.89. The minimum Gasteiger partial charge on any atom is -0.294 e. The summed E-state index contributed by atoms with van der Waals surface area (Å²) in [4.78, 5) is 12.7. The van der Waals surface area contributed by atoms with Crippen molar-refractivity contribution in [1.82, 2.24) is 0 Å². The molecule has 0 bridgehead atoms. The van der Waals surface area contributed by atoms with Gasteiger partial charge in [0.2, 0.25) is 0 Å². The largest absolute Gasteiger partial charge is 0.294 e. The summed E-state index contributed by atoms with van der Waals surface area (Å²) < 4.78 is 0. The Kier molecular flexibility index (Phi) is 4.32. The van der Waals surface area contributed by atoms with Crippen molar-refractivity contribution in [3.8, 4) is 0 Å². The van der Waals surface area contributed by atoms with Crippen LogP contribution in [0, 0.1) is 13.8 Å². The van der Waals surface area contributed by atoms with E-state index in [1.54, 1.807) is 0 Å². The molecule has 0 aliphatic carbocycles. The van der Waals surface area contributed by atoms with Gasteiger partial charge in [0.15, 0.2) is 5.78 Å². The molecule has 0 saturated carbocycles. The van der Waals surface area contributed by atoms with Crippen LogP contribution in [0.1, 0.15) is 53.4 Å². The van der Waals surface area contributed by atoms with Crippen molar-refractivity contribution in [2.24, 2.45) is 0 Å². The van der Waals surface area contributed by atoms with Crippen molar-refractivity contribution in [1.29, 1.82) is 0 Å².